The number of nitrogens with one attached hydrogen (secondary N) is 2. The lowest BCUT2D eigenvalue weighted by molar-refractivity contribution is 0.0558. The molecule has 0 aliphatic carbocycles. The maximum Gasteiger partial charge on any atom is 0.421 e. The highest BCUT2D eigenvalue weighted by atomic mass is 35.5. The molecule has 0 spiro atoms. The number of aromatic amines is 1. The van der Waals surface area contributed by atoms with E-state index in [4.69, 9.17) is 16.3 Å². The Morgan fingerprint density at radius 2 is 1.87 bits per heavy atom. The number of likely N-dealkylation sites (N-methyl/N-ethyl adjacent to an activating group) is 1. The number of hydrogen-bond donors (Lipinski definition) is 2. The van der Waals surface area contributed by atoms with E-state index in [1.807, 2.05) is 11.8 Å². The summed E-state index contributed by atoms with van der Waals surface area (Å²) in [5, 5.41) is 1.32. The standard InChI is InChI=1S/C30H33ClN6O7S3/c1-35-11-9-25-26(18-35)45-28(33-25)29(38)37-13-12-36(47(42,43)27-16-21-15-22(31)7-8-24(21)32-27)17-23(37)10-14-46(40,41)34-30(39)44-19-20-5-3-2-4-6-20/h2-8,15-16,23,32H,9-14,17-19H2,1H3,(H,34,39). The van der Waals surface area contributed by atoms with Crippen LogP contribution in [0.5, 0.6) is 0 Å². The third kappa shape index (κ3) is 7.63. The van der Waals surface area contributed by atoms with Crippen LogP contribution in [0.1, 0.15) is 32.4 Å². The molecule has 17 heteroatoms. The van der Waals surface area contributed by atoms with Crippen molar-refractivity contribution in [3.8, 4) is 0 Å². The van der Waals surface area contributed by atoms with Crippen LogP contribution in [-0.2, 0) is 44.4 Å². The number of aromatic nitrogens is 2. The molecule has 4 heterocycles. The predicted molar refractivity (Wildman–Crippen MR) is 177 cm³/mol. The molecule has 2 aromatic carbocycles. The van der Waals surface area contributed by atoms with Crippen LogP contribution in [0.4, 0.5) is 4.79 Å². The van der Waals surface area contributed by atoms with Crippen molar-refractivity contribution in [2.24, 2.45) is 0 Å². The number of amides is 2. The molecule has 250 valence electrons. The van der Waals surface area contributed by atoms with Crippen LogP contribution in [-0.4, -0.2) is 97.9 Å². The molecule has 2 amide bonds. The van der Waals surface area contributed by atoms with Crippen molar-refractivity contribution in [3.05, 3.63) is 80.8 Å². The van der Waals surface area contributed by atoms with Gasteiger partial charge in [0.05, 0.1) is 11.4 Å². The van der Waals surface area contributed by atoms with Crippen molar-refractivity contribution < 1.29 is 31.2 Å². The minimum absolute atomic E-state index is 0.00860. The number of rotatable bonds is 9. The second-order valence-corrected chi connectivity index (χ2v) is 16.8. The Bertz CT molecular complexity index is 2020. The fraction of sp³-hybridized carbons (Fsp3) is 0.367. The minimum atomic E-state index is -4.20. The van der Waals surface area contributed by atoms with Gasteiger partial charge in [0, 0.05) is 66.0 Å². The monoisotopic (exact) mass is 720 g/mol. The third-order valence-electron chi connectivity index (χ3n) is 8.16. The number of sulfonamides is 2. The van der Waals surface area contributed by atoms with Crippen LogP contribution in [0, 0.1) is 0 Å². The highest BCUT2D eigenvalue weighted by Gasteiger charge is 2.39. The van der Waals surface area contributed by atoms with E-state index in [0.717, 1.165) is 17.1 Å². The number of piperazine rings is 1. The quantitative estimate of drug-likeness (QED) is 0.264. The molecule has 0 bridgehead atoms. The first kappa shape index (κ1) is 33.4. The van der Waals surface area contributed by atoms with Crippen LogP contribution >= 0.6 is 22.9 Å². The lowest BCUT2D eigenvalue weighted by Gasteiger charge is -2.40. The summed E-state index contributed by atoms with van der Waals surface area (Å²) in [6.45, 7) is 1.23. The first-order valence-electron chi connectivity index (χ1n) is 14.9. The molecule has 2 aliphatic heterocycles. The maximum absolute atomic E-state index is 13.8. The Hall–Kier alpha value is -3.54. The number of carbonyl (C=O) groups excluding carboxylic acids is 2. The van der Waals surface area contributed by atoms with Gasteiger partial charge in [-0.15, -0.1) is 11.3 Å². The topological polar surface area (TPSA) is 162 Å². The van der Waals surface area contributed by atoms with Gasteiger partial charge < -0.3 is 19.5 Å². The lowest BCUT2D eigenvalue weighted by atomic mass is 10.1. The van der Waals surface area contributed by atoms with Crippen LogP contribution in [0.3, 0.4) is 0 Å². The maximum atomic E-state index is 13.8. The normalized spacial score (nSPS) is 17.8. The zero-order chi connectivity index (χ0) is 33.3. The molecule has 1 fully saturated rings. The van der Waals surface area contributed by atoms with Crippen LogP contribution in [0.15, 0.2) is 59.6 Å². The average molecular weight is 721 g/mol. The van der Waals surface area contributed by atoms with E-state index in [1.165, 1.54) is 26.6 Å². The summed E-state index contributed by atoms with van der Waals surface area (Å²) in [6, 6.07) is 14.5. The van der Waals surface area contributed by atoms with E-state index in [0.29, 0.717) is 34.5 Å². The van der Waals surface area contributed by atoms with E-state index in [9.17, 15) is 26.4 Å². The zero-order valence-corrected chi connectivity index (χ0v) is 28.6. The molecule has 0 radical (unpaired) electrons. The SMILES string of the molecule is CN1CCc2nc(C(=O)N3CCN(S(=O)(=O)c4cc5cc(Cl)ccc5[nH]4)CC3CCS(=O)(=O)NC(=O)OCc3ccccc3)sc2C1. The minimum Gasteiger partial charge on any atom is -0.444 e. The number of benzene rings is 2. The molecule has 1 saturated heterocycles. The van der Waals surface area contributed by atoms with Crippen molar-refractivity contribution in [1.82, 2.24) is 28.8 Å². The number of fused-ring (bicyclic) bond motifs is 2. The molecule has 2 aliphatic rings. The van der Waals surface area contributed by atoms with Gasteiger partial charge >= 0.3 is 6.09 Å². The Morgan fingerprint density at radius 1 is 1.09 bits per heavy atom. The Kier molecular flexibility index (Phi) is 9.60. The molecule has 47 heavy (non-hydrogen) atoms. The van der Waals surface area contributed by atoms with Gasteiger partial charge in [-0.2, -0.15) is 4.31 Å². The number of H-pyrrole nitrogens is 1. The summed E-state index contributed by atoms with van der Waals surface area (Å²) >= 11 is 7.40. The first-order valence-corrected chi connectivity index (χ1v) is 19.1. The van der Waals surface area contributed by atoms with Gasteiger partial charge in [0.25, 0.3) is 15.9 Å². The van der Waals surface area contributed by atoms with E-state index >= 15 is 0 Å². The highest BCUT2D eigenvalue weighted by molar-refractivity contribution is 7.90. The van der Waals surface area contributed by atoms with E-state index in [-0.39, 0.29) is 48.6 Å². The smallest absolute Gasteiger partial charge is 0.421 e. The van der Waals surface area contributed by atoms with E-state index < -0.39 is 37.9 Å². The third-order valence-corrected chi connectivity index (χ3v) is 12.5. The highest BCUT2D eigenvalue weighted by Crippen LogP contribution is 2.29. The van der Waals surface area contributed by atoms with Crippen molar-refractivity contribution in [2.75, 3.05) is 39.0 Å². The summed E-state index contributed by atoms with van der Waals surface area (Å²) in [4.78, 5) is 38.3. The molecule has 4 aromatic rings. The molecule has 6 rings (SSSR count). The number of halogens is 1. The van der Waals surface area contributed by atoms with Crippen molar-refractivity contribution >= 4 is 65.9 Å². The van der Waals surface area contributed by atoms with Gasteiger partial charge in [0.2, 0.25) is 10.0 Å². The van der Waals surface area contributed by atoms with Gasteiger partial charge in [-0.05, 0) is 43.3 Å². The second kappa shape index (κ2) is 13.5. The lowest BCUT2D eigenvalue weighted by Crippen LogP contribution is -2.57. The zero-order valence-electron chi connectivity index (χ0n) is 25.4. The van der Waals surface area contributed by atoms with Gasteiger partial charge in [-0.3, -0.25) is 4.79 Å². The van der Waals surface area contributed by atoms with Gasteiger partial charge in [-0.25, -0.2) is 31.3 Å². The number of nitrogens with zero attached hydrogens (tertiary/aromatic N) is 4. The summed E-state index contributed by atoms with van der Waals surface area (Å²) in [5.74, 6) is -0.943. The summed E-state index contributed by atoms with van der Waals surface area (Å²) in [7, 11) is -6.27. The predicted octanol–water partition coefficient (Wildman–Crippen LogP) is 3.43. The van der Waals surface area contributed by atoms with Gasteiger partial charge in [0.1, 0.15) is 11.6 Å². The Morgan fingerprint density at radius 3 is 2.66 bits per heavy atom. The van der Waals surface area contributed by atoms with E-state index in [1.54, 1.807) is 48.5 Å². The van der Waals surface area contributed by atoms with Crippen molar-refractivity contribution in [2.45, 2.75) is 37.1 Å². The number of hydrogen-bond acceptors (Lipinski definition) is 10. The number of carbonyl (C=O) groups is 2. The molecule has 0 saturated carbocycles. The fourth-order valence-corrected chi connectivity index (χ4v) is 9.48. The summed E-state index contributed by atoms with van der Waals surface area (Å²) in [6.07, 6.45) is -0.563. The van der Waals surface area contributed by atoms with Crippen molar-refractivity contribution in [3.63, 3.8) is 0 Å². The molecule has 1 unspecified atom stereocenters. The molecular weight excluding hydrogens is 688 g/mol. The largest absolute Gasteiger partial charge is 0.444 e. The van der Waals surface area contributed by atoms with Gasteiger partial charge in [-0.1, -0.05) is 41.9 Å². The number of thiazole rings is 1. The van der Waals surface area contributed by atoms with Crippen LogP contribution < -0.4 is 4.72 Å². The van der Waals surface area contributed by atoms with Crippen molar-refractivity contribution in [1.29, 1.82) is 0 Å². The first-order chi connectivity index (χ1) is 22.4. The molecule has 1 atom stereocenters. The fourth-order valence-electron chi connectivity index (χ4n) is 5.67. The molecule has 2 N–H and O–H groups in total. The Balaban J connectivity index is 1.20. The second-order valence-electron chi connectivity index (χ2n) is 11.5. The molecular formula is C30H33ClN6O7S3. The van der Waals surface area contributed by atoms with Gasteiger partial charge in [0.15, 0.2) is 5.01 Å². The van der Waals surface area contributed by atoms with Crippen LogP contribution in [0.25, 0.3) is 10.9 Å². The van der Waals surface area contributed by atoms with E-state index in [2.05, 4.69) is 14.9 Å². The molecule has 13 nitrogen and oxygen atoms in total. The summed E-state index contributed by atoms with van der Waals surface area (Å²) in [5.41, 5.74) is 2.15. The molecule has 2 aromatic heterocycles. The number of ether oxygens (including phenoxy) is 1. The average Bonchev–Trinajstić information content (AvgIpc) is 3.67. The van der Waals surface area contributed by atoms with Crippen LogP contribution in [0.2, 0.25) is 5.02 Å². The Labute approximate surface area is 281 Å². The summed E-state index contributed by atoms with van der Waals surface area (Å²) < 4.78 is 61.7.